The summed E-state index contributed by atoms with van der Waals surface area (Å²) in [5, 5.41) is 2.83. The van der Waals surface area contributed by atoms with Gasteiger partial charge in [-0.1, -0.05) is 0 Å². The quantitative estimate of drug-likeness (QED) is 0.614. The van der Waals surface area contributed by atoms with Gasteiger partial charge in [0.15, 0.2) is 0 Å². The van der Waals surface area contributed by atoms with Gasteiger partial charge in [-0.25, -0.2) is 4.98 Å². The largest absolute Gasteiger partial charge is 0.379 e. The highest BCUT2D eigenvalue weighted by atomic mass is 16.5. The number of carbonyl (C=O) groups excluding carboxylic acids is 1. The van der Waals surface area contributed by atoms with E-state index >= 15 is 0 Å². The minimum atomic E-state index is -0.211. The third-order valence-electron chi connectivity index (χ3n) is 2.68. The SMILES string of the molecule is NC1COCC1C(=O)NCCc1ncc[nH]1. The van der Waals surface area contributed by atoms with Gasteiger partial charge in [-0.2, -0.15) is 0 Å². The molecule has 0 aromatic carbocycles. The van der Waals surface area contributed by atoms with E-state index in [0.717, 1.165) is 5.82 Å². The second-order valence-electron chi connectivity index (χ2n) is 3.88. The van der Waals surface area contributed by atoms with E-state index in [1.165, 1.54) is 0 Å². The Bertz CT molecular complexity index is 339. The molecule has 2 rings (SSSR count). The predicted molar refractivity (Wildman–Crippen MR) is 57.6 cm³/mol. The zero-order chi connectivity index (χ0) is 11.4. The lowest BCUT2D eigenvalue weighted by Crippen LogP contribution is -2.41. The van der Waals surface area contributed by atoms with Crippen molar-refractivity contribution in [1.29, 1.82) is 0 Å². The van der Waals surface area contributed by atoms with Gasteiger partial charge >= 0.3 is 0 Å². The number of rotatable bonds is 4. The van der Waals surface area contributed by atoms with Gasteiger partial charge in [-0.15, -0.1) is 0 Å². The summed E-state index contributed by atoms with van der Waals surface area (Å²) < 4.78 is 5.14. The lowest BCUT2D eigenvalue weighted by molar-refractivity contribution is -0.125. The molecule has 0 aliphatic carbocycles. The number of nitrogens with two attached hydrogens (primary N) is 1. The van der Waals surface area contributed by atoms with Gasteiger partial charge in [0, 0.05) is 31.4 Å². The number of hydrogen-bond donors (Lipinski definition) is 3. The smallest absolute Gasteiger partial charge is 0.227 e. The van der Waals surface area contributed by atoms with Crippen molar-refractivity contribution in [2.45, 2.75) is 12.5 Å². The van der Waals surface area contributed by atoms with Crippen LogP contribution in [0.1, 0.15) is 5.82 Å². The fourth-order valence-electron chi connectivity index (χ4n) is 1.71. The Kier molecular flexibility index (Phi) is 3.53. The molecule has 6 nitrogen and oxygen atoms in total. The summed E-state index contributed by atoms with van der Waals surface area (Å²) in [7, 11) is 0. The van der Waals surface area contributed by atoms with Gasteiger partial charge in [0.25, 0.3) is 0 Å². The van der Waals surface area contributed by atoms with Crippen molar-refractivity contribution in [3.8, 4) is 0 Å². The third-order valence-corrected chi connectivity index (χ3v) is 2.68. The molecule has 2 atom stereocenters. The van der Waals surface area contributed by atoms with Crippen LogP contribution in [-0.4, -0.2) is 41.7 Å². The van der Waals surface area contributed by atoms with E-state index in [1.54, 1.807) is 12.4 Å². The first-order valence-corrected chi connectivity index (χ1v) is 5.36. The first kappa shape index (κ1) is 11.1. The second kappa shape index (κ2) is 5.09. The lowest BCUT2D eigenvalue weighted by atomic mass is 10.0. The number of nitrogens with one attached hydrogen (secondary N) is 2. The molecule has 2 heterocycles. The van der Waals surface area contributed by atoms with Crippen LogP contribution in [0.25, 0.3) is 0 Å². The number of aromatic amines is 1. The predicted octanol–water partition coefficient (Wildman–Crippen LogP) is -0.958. The number of H-pyrrole nitrogens is 1. The molecule has 1 amide bonds. The van der Waals surface area contributed by atoms with E-state index in [-0.39, 0.29) is 17.9 Å². The number of aromatic nitrogens is 2. The molecule has 1 aromatic rings. The number of ether oxygens (including phenoxy) is 1. The van der Waals surface area contributed by atoms with E-state index in [4.69, 9.17) is 10.5 Å². The Balaban J connectivity index is 1.71. The molecule has 1 aliphatic heterocycles. The van der Waals surface area contributed by atoms with Crippen LogP contribution in [0, 0.1) is 5.92 Å². The Morgan fingerprint density at radius 3 is 3.19 bits per heavy atom. The number of imidazole rings is 1. The highest BCUT2D eigenvalue weighted by Crippen LogP contribution is 2.11. The first-order valence-electron chi connectivity index (χ1n) is 5.36. The summed E-state index contributed by atoms with van der Waals surface area (Å²) in [4.78, 5) is 18.7. The summed E-state index contributed by atoms with van der Waals surface area (Å²) in [6.07, 6.45) is 4.15. The molecular formula is C10H16N4O2. The van der Waals surface area contributed by atoms with Gasteiger partial charge in [0.1, 0.15) is 5.82 Å². The molecular weight excluding hydrogens is 208 g/mol. The van der Waals surface area contributed by atoms with Crippen LogP contribution in [0.3, 0.4) is 0 Å². The van der Waals surface area contributed by atoms with Crippen molar-refractivity contribution < 1.29 is 9.53 Å². The number of hydrogen-bond acceptors (Lipinski definition) is 4. The molecule has 88 valence electrons. The topological polar surface area (TPSA) is 93.0 Å². The van der Waals surface area contributed by atoms with Gasteiger partial charge in [0.2, 0.25) is 5.91 Å². The van der Waals surface area contributed by atoms with Crippen LogP contribution < -0.4 is 11.1 Å². The minimum Gasteiger partial charge on any atom is -0.379 e. The normalized spacial score (nSPS) is 24.6. The van der Waals surface area contributed by atoms with Crippen LogP contribution in [0.2, 0.25) is 0 Å². The molecule has 2 unspecified atom stereocenters. The lowest BCUT2D eigenvalue weighted by Gasteiger charge is -2.12. The first-order chi connectivity index (χ1) is 7.77. The van der Waals surface area contributed by atoms with Crippen LogP contribution in [-0.2, 0) is 16.0 Å². The third kappa shape index (κ3) is 2.59. The Morgan fingerprint density at radius 2 is 2.56 bits per heavy atom. The number of amides is 1. The van der Waals surface area contributed by atoms with Gasteiger partial charge in [-0.05, 0) is 0 Å². The zero-order valence-corrected chi connectivity index (χ0v) is 8.98. The second-order valence-corrected chi connectivity index (χ2v) is 3.88. The summed E-state index contributed by atoms with van der Waals surface area (Å²) in [5.41, 5.74) is 5.74. The van der Waals surface area contributed by atoms with Crippen LogP contribution in [0.5, 0.6) is 0 Å². The maximum Gasteiger partial charge on any atom is 0.227 e. The average molecular weight is 224 g/mol. The molecule has 0 spiro atoms. The average Bonchev–Trinajstić information content (AvgIpc) is 2.88. The van der Waals surface area contributed by atoms with Crippen molar-refractivity contribution in [3.05, 3.63) is 18.2 Å². The van der Waals surface area contributed by atoms with Crippen LogP contribution in [0.15, 0.2) is 12.4 Å². The fourth-order valence-corrected chi connectivity index (χ4v) is 1.71. The highest BCUT2D eigenvalue weighted by molar-refractivity contribution is 5.79. The monoisotopic (exact) mass is 224 g/mol. The molecule has 0 radical (unpaired) electrons. The van der Waals surface area contributed by atoms with Crippen molar-refractivity contribution in [2.75, 3.05) is 19.8 Å². The molecule has 1 saturated heterocycles. The Morgan fingerprint density at radius 1 is 1.69 bits per heavy atom. The summed E-state index contributed by atoms with van der Waals surface area (Å²) >= 11 is 0. The molecule has 6 heteroatoms. The van der Waals surface area contributed by atoms with Crippen molar-refractivity contribution >= 4 is 5.91 Å². The summed E-state index contributed by atoms with van der Waals surface area (Å²) in [6, 6.07) is -0.177. The number of nitrogens with zero attached hydrogens (tertiary/aromatic N) is 1. The van der Waals surface area contributed by atoms with E-state index in [0.29, 0.717) is 26.2 Å². The van der Waals surface area contributed by atoms with Crippen LogP contribution in [0.4, 0.5) is 0 Å². The maximum atomic E-state index is 11.7. The van der Waals surface area contributed by atoms with Crippen molar-refractivity contribution in [1.82, 2.24) is 15.3 Å². The summed E-state index contributed by atoms with van der Waals surface area (Å²) in [6.45, 7) is 1.46. The van der Waals surface area contributed by atoms with Crippen molar-refractivity contribution in [2.24, 2.45) is 11.7 Å². The van der Waals surface area contributed by atoms with E-state index in [1.807, 2.05) is 0 Å². The molecule has 1 aromatic heterocycles. The molecule has 0 saturated carbocycles. The fraction of sp³-hybridized carbons (Fsp3) is 0.600. The van der Waals surface area contributed by atoms with Gasteiger partial charge in [-0.3, -0.25) is 4.79 Å². The van der Waals surface area contributed by atoms with E-state index in [2.05, 4.69) is 15.3 Å². The summed E-state index contributed by atoms with van der Waals surface area (Å²) in [5.74, 6) is 0.625. The van der Waals surface area contributed by atoms with Gasteiger partial charge in [0.05, 0.1) is 19.1 Å². The molecule has 4 N–H and O–H groups in total. The molecule has 1 aliphatic rings. The zero-order valence-electron chi connectivity index (χ0n) is 8.98. The molecule has 16 heavy (non-hydrogen) atoms. The van der Waals surface area contributed by atoms with Gasteiger partial charge < -0.3 is 20.8 Å². The number of carbonyl (C=O) groups is 1. The Labute approximate surface area is 93.6 Å². The van der Waals surface area contributed by atoms with Crippen molar-refractivity contribution in [3.63, 3.8) is 0 Å². The van der Waals surface area contributed by atoms with E-state index < -0.39 is 0 Å². The highest BCUT2D eigenvalue weighted by Gasteiger charge is 2.30. The standard InChI is InChI=1S/C10H16N4O2/c11-8-6-16-5-7(8)10(15)14-2-1-9-12-3-4-13-9/h3-4,7-8H,1-2,5-6,11H2,(H,12,13)(H,14,15). The maximum absolute atomic E-state index is 11.7. The Hall–Kier alpha value is -1.40. The minimum absolute atomic E-state index is 0.0310. The van der Waals surface area contributed by atoms with Crippen LogP contribution >= 0.6 is 0 Å². The van der Waals surface area contributed by atoms with E-state index in [9.17, 15) is 4.79 Å². The molecule has 1 fully saturated rings. The molecule has 0 bridgehead atoms.